The Hall–Kier alpha value is -2.33. The summed E-state index contributed by atoms with van der Waals surface area (Å²) in [5.74, 6) is 0.766. The second-order valence-electron chi connectivity index (χ2n) is 4.73. The van der Waals surface area contributed by atoms with Gasteiger partial charge in [-0.25, -0.2) is 4.79 Å². The molecule has 0 radical (unpaired) electrons. The third kappa shape index (κ3) is 3.61. The molecule has 0 aliphatic heterocycles. The number of hydrogen-bond donors (Lipinski definition) is 0. The molecule has 0 saturated carbocycles. The van der Waals surface area contributed by atoms with Gasteiger partial charge in [0.05, 0.1) is 0 Å². The summed E-state index contributed by atoms with van der Waals surface area (Å²) in [5, 5.41) is 1.85. The molecule has 0 spiro atoms. The highest BCUT2D eigenvalue weighted by molar-refractivity contribution is 5.92. The molecular formula is C17H18O4. The van der Waals surface area contributed by atoms with Crippen molar-refractivity contribution >= 4 is 16.7 Å². The fraction of sp³-hybridized carbons (Fsp3) is 0.235. The zero-order chi connectivity index (χ0) is 15.4. The normalized spacial score (nSPS) is 12.0. The van der Waals surface area contributed by atoms with Gasteiger partial charge in [0.2, 0.25) is 0 Å². The number of fused-ring (bicyclic) bond motifs is 1. The third-order valence-electron chi connectivity index (χ3n) is 3.00. The summed E-state index contributed by atoms with van der Waals surface area (Å²) >= 11 is 0. The van der Waals surface area contributed by atoms with E-state index in [2.05, 4.69) is 6.58 Å². The Bertz CT molecular complexity index is 676. The van der Waals surface area contributed by atoms with Crippen LogP contribution in [0.3, 0.4) is 0 Å². The molecule has 0 amide bonds. The number of esters is 1. The lowest BCUT2D eigenvalue weighted by Gasteiger charge is -2.15. The average Bonchev–Trinajstić information content (AvgIpc) is 2.47. The van der Waals surface area contributed by atoms with Gasteiger partial charge in [-0.15, -0.1) is 0 Å². The average molecular weight is 286 g/mol. The number of benzene rings is 2. The molecule has 21 heavy (non-hydrogen) atoms. The van der Waals surface area contributed by atoms with Crippen molar-refractivity contribution in [1.82, 2.24) is 0 Å². The van der Waals surface area contributed by atoms with Crippen LogP contribution < -0.4 is 9.47 Å². The van der Waals surface area contributed by atoms with Crippen LogP contribution in [-0.4, -0.2) is 19.4 Å². The Labute approximate surface area is 123 Å². The van der Waals surface area contributed by atoms with Crippen molar-refractivity contribution in [3.63, 3.8) is 0 Å². The smallest absolute Gasteiger partial charge is 0.338 e. The van der Waals surface area contributed by atoms with E-state index in [1.54, 1.807) is 26.2 Å². The number of ether oxygens (including phenoxy) is 3. The van der Waals surface area contributed by atoms with E-state index in [-0.39, 0.29) is 6.29 Å². The van der Waals surface area contributed by atoms with Crippen LogP contribution in [0.4, 0.5) is 0 Å². The van der Waals surface area contributed by atoms with Crippen molar-refractivity contribution < 1.29 is 19.0 Å². The number of carbonyl (C=O) groups is 1. The van der Waals surface area contributed by atoms with Crippen LogP contribution >= 0.6 is 0 Å². The van der Waals surface area contributed by atoms with Gasteiger partial charge in [-0.2, -0.15) is 0 Å². The van der Waals surface area contributed by atoms with Gasteiger partial charge in [-0.3, -0.25) is 0 Å². The highest BCUT2D eigenvalue weighted by Crippen LogP contribution is 2.29. The molecule has 0 fully saturated rings. The molecule has 0 aromatic heterocycles. The molecule has 0 heterocycles. The largest absolute Gasteiger partial charge is 0.465 e. The molecule has 2 rings (SSSR count). The number of carbonyl (C=O) groups excluding carboxylic acids is 1. The van der Waals surface area contributed by atoms with E-state index < -0.39 is 5.97 Å². The monoisotopic (exact) mass is 286 g/mol. The molecule has 1 atom stereocenters. The number of rotatable bonds is 5. The van der Waals surface area contributed by atoms with E-state index in [9.17, 15) is 4.79 Å². The predicted molar refractivity (Wildman–Crippen MR) is 81.5 cm³/mol. The molecule has 0 saturated heterocycles. The lowest BCUT2D eigenvalue weighted by molar-refractivity contribution is -0.130. The Morgan fingerprint density at radius 3 is 2.67 bits per heavy atom. The molecule has 0 aliphatic carbocycles. The fourth-order valence-corrected chi connectivity index (χ4v) is 1.82. The molecule has 4 nitrogen and oxygen atoms in total. The maximum absolute atomic E-state index is 11.5. The molecular weight excluding hydrogens is 268 g/mol. The van der Waals surface area contributed by atoms with Crippen LogP contribution in [0, 0.1) is 0 Å². The summed E-state index contributed by atoms with van der Waals surface area (Å²) in [6.45, 7) is 7.00. The van der Waals surface area contributed by atoms with E-state index in [1.165, 1.54) is 0 Å². The van der Waals surface area contributed by atoms with E-state index in [4.69, 9.17) is 14.2 Å². The lowest BCUT2D eigenvalue weighted by atomic mass is 10.1. The highest BCUT2D eigenvalue weighted by Gasteiger charge is 2.09. The predicted octanol–water partition coefficient (Wildman–Crippen LogP) is 3.69. The first-order valence-electron chi connectivity index (χ1n) is 6.61. The van der Waals surface area contributed by atoms with E-state index >= 15 is 0 Å². The molecule has 4 heteroatoms. The number of methoxy groups -OCH3 is 1. The first-order valence-corrected chi connectivity index (χ1v) is 6.61. The first kappa shape index (κ1) is 15.1. The minimum absolute atomic E-state index is 0.337. The lowest BCUT2D eigenvalue weighted by Crippen LogP contribution is -2.13. The van der Waals surface area contributed by atoms with Crippen molar-refractivity contribution in [2.24, 2.45) is 0 Å². The van der Waals surface area contributed by atoms with Gasteiger partial charge in [-0.1, -0.05) is 18.7 Å². The quantitative estimate of drug-likeness (QED) is 0.364. The van der Waals surface area contributed by atoms with Crippen LogP contribution in [0.15, 0.2) is 48.6 Å². The minimum atomic E-state index is -0.435. The van der Waals surface area contributed by atoms with Crippen LogP contribution in [0.2, 0.25) is 0 Å². The van der Waals surface area contributed by atoms with Crippen LogP contribution in [0.1, 0.15) is 13.8 Å². The second kappa shape index (κ2) is 6.41. The Morgan fingerprint density at radius 2 is 2.00 bits per heavy atom. The Kier molecular flexibility index (Phi) is 4.60. The van der Waals surface area contributed by atoms with Gasteiger partial charge in [0.1, 0.15) is 11.5 Å². The van der Waals surface area contributed by atoms with Crippen molar-refractivity contribution in [2.45, 2.75) is 20.1 Å². The second-order valence-corrected chi connectivity index (χ2v) is 4.73. The van der Waals surface area contributed by atoms with Gasteiger partial charge in [0.15, 0.2) is 6.29 Å². The van der Waals surface area contributed by atoms with Crippen molar-refractivity contribution in [3.05, 3.63) is 48.6 Å². The maximum Gasteiger partial charge on any atom is 0.338 e. The summed E-state index contributed by atoms with van der Waals surface area (Å²) in [4.78, 5) is 11.5. The van der Waals surface area contributed by atoms with Crippen LogP contribution in [0.5, 0.6) is 11.5 Å². The Morgan fingerprint density at radius 1 is 1.24 bits per heavy atom. The van der Waals surface area contributed by atoms with Crippen molar-refractivity contribution in [1.29, 1.82) is 0 Å². The summed E-state index contributed by atoms with van der Waals surface area (Å²) < 4.78 is 16.0. The zero-order valence-corrected chi connectivity index (χ0v) is 12.4. The van der Waals surface area contributed by atoms with E-state index in [0.717, 1.165) is 16.5 Å². The fourth-order valence-electron chi connectivity index (χ4n) is 1.82. The molecule has 0 bridgehead atoms. The number of hydrogen-bond acceptors (Lipinski definition) is 4. The van der Waals surface area contributed by atoms with Crippen LogP contribution in [-0.2, 0) is 9.53 Å². The molecule has 2 aromatic rings. The van der Waals surface area contributed by atoms with Gasteiger partial charge in [-0.05, 0) is 43.5 Å². The summed E-state index contributed by atoms with van der Waals surface area (Å²) in [7, 11) is 1.59. The molecule has 0 aliphatic rings. The van der Waals surface area contributed by atoms with Gasteiger partial charge in [0.25, 0.3) is 0 Å². The maximum atomic E-state index is 11.5. The summed E-state index contributed by atoms with van der Waals surface area (Å²) in [6.07, 6.45) is -0.337. The standard InChI is InChI=1S/C17H18O4/c1-11(2)17(18)21-14-8-9-15-13(10-14)6-5-7-16(15)20-12(3)19-4/h5-10,12H,1H2,2-4H3. The van der Waals surface area contributed by atoms with Crippen LogP contribution in [0.25, 0.3) is 10.8 Å². The molecule has 0 N–H and O–H groups in total. The highest BCUT2D eigenvalue weighted by atomic mass is 16.7. The SMILES string of the molecule is C=C(C)C(=O)Oc1ccc2c(OC(C)OC)cccc2c1. The Balaban J connectivity index is 2.32. The molecule has 2 aromatic carbocycles. The van der Waals surface area contributed by atoms with E-state index in [0.29, 0.717) is 11.3 Å². The summed E-state index contributed by atoms with van der Waals surface area (Å²) in [5.41, 5.74) is 0.362. The van der Waals surface area contributed by atoms with Gasteiger partial charge < -0.3 is 14.2 Å². The van der Waals surface area contributed by atoms with Crippen molar-refractivity contribution in [2.75, 3.05) is 7.11 Å². The third-order valence-corrected chi connectivity index (χ3v) is 3.00. The van der Waals surface area contributed by atoms with Gasteiger partial charge >= 0.3 is 5.97 Å². The zero-order valence-electron chi connectivity index (χ0n) is 12.4. The van der Waals surface area contributed by atoms with Crippen molar-refractivity contribution in [3.8, 4) is 11.5 Å². The molecule has 1 unspecified atom stereocenters. The topological polar surface area (TPSA) is 44.8 Å². The summed E-state index contributed by atoms with van der Waals surface area (Å²) in [6, 6.07) is 11.1. The van der Waals surface area contributed by atoms with E-state index in [1.807, 2.05) is 31.2 Å². The van der Waals surface area contributed by atoms with Gasteiger partial charge in [0, 0.05) is 18.1 Å². The first-order chi connectivity index (χ1) is 10.0. The molecule has 110 valence electrons. The minimum Gasteiger partial charge on any atom is -0.465 e.